The molecule has 18 heavy (non-hydrogen) atoms. The molecule has 0 bridgehead atoms. The minimum absolute atomic E-state index is 0.358. The van der Waals surface area contributed by atoms with Gasteiger partial charge in [-0.3, -0.25) is 5.10 Å². The number of nitrogens with zero attached hydrogens (tertiary/aromatic N) is 3. The zero-order valence-electron chi connectivity index (χ0n) is 9.51. The zero-order valence-corrected chi connectivity index (χ0v) is 10.3. The highest BCUT2D eigenvalue weighted by molar-refractivity contribution is 6.34. The molecule has 0 saturated heterocycles. The molecule has 0 aliphatic heterocycles. The van der Waals surface area contributed by atoms with Crippen LogP contribution in [0.4, 0.5) is 0 Å². The van der Waals surface area contributed by atoms with Gasteiger partial charge in [-0.25, -0.2) is 0 Å². The summed E-state index contributed by atoms with van der Waals surface area (Å²) in [6.07, 6.45) is 0. The van der Waals surface area contributed by atoms with E-state index in [-0.39, 0.29) is 0 Å². The van der Waals surface area contributed by atoms with E-state index in [1.54, 1.807) is 6.07 Å². The maximum absolute atomic E-state index is 5.99. The molecule has 6 heteroatoms. The Morgan fingerprint density at radius 3 is 2.67 bits per heavy atom. The number of halogens is 1. The number of ether oxygens (including phenoxy) is 1. The summed E-state index contributed by atoms with van der Waals surface area (Å²) in [7, 11) is 0. The summed E-state index contributed by atoms with van der Waals surface area (Å²) in [5, 5.41) is 16.6. The Labute approximate surface area is 108 Å². The molecule has 2 aromatic heterocycles. The van der Waals surface area contributed by atoms with Gasteiger partial charge in [0.2, 0.25) is 11.8 Å². The number of aromatic nitrogens is 4. The molecule has 1 N–H and O–H groups in total. The van der Waals surface area contributed by atoms with Crippen LogP contribution >= 0.6 is 11.6 Å². The molecule has 5 nitrogen and oxygen atoms in total. The lowest BCUT2D eigenvalue weighted by molar-refractivity contribution is 0.443. The van der Waals surface area contributed by atoms with Crippen LogP contribution in [0.2, 0.25) is 5.15 Å². The smallest absolute Gasteiger partial charge is 0.248 e. The van der Waals surface area contributed by atoms with Gasteiger partial charge in [0.1, 0.15) is 0 Å². The van der Waals surface area contributed by atoms with Crippen LogP contribution in [-0.4, -0.2) is 20.4 Å². The summed E-state index contributed by atoms with van der Waals surface area (Å²) in [6.45, 7) is 1.89. The van der Waals surface area contributed by atoms with Crippen LogP contribution < -0.4 is 4.74 Å². The number of hydrogen-bond donors (Lipinski definition) is 1. The van der Waals surface area contributed by atoms with E-state index < -0.39 is 0 Å². The van der Waals surface area contributed by atoms with Crippen molar-refractivity contribution in [3.8, 4) is 11.8 Å². The van der Waals surface area contributed by atoms with Gasteiger partial charge < -0.3 is 4.74 Å². The Bertz CT molecular complexity index is 710. The molecule has 0 saturated carbocycles. The van der Waals surface area contributed by atoms with Crippen molar-refractivity contribution in [3.63, 3.8) is 0 Å². The van der Waals surface area contributed by atoms with E-state index in [0.717, 1.165) is 16.5 Å². The molecule has 3 rings (SSSR count). The van der Waals surface area contributed by atoms with Gasteiger partial charge in [-0.15, -0.1) is 15.3 Å². The molecule has 0 radical (unpaired) electrons. The summed E-state index contributed by atoms with van der Waals surface area (Å²) >= 11 is 5.99. The third kappa shape index (κ3) is 1.89. The monoisotopic (exact) mass is 260 g/mol. The van der Waals surface area contributed by atoms with Crippen molar-refractivity contribution in [2.75, 3.05) is 0 Å². The predicted octanol–water partition coefficient (Wildman–Crippen LogP) is 3.11. The Hall–Kier alpha value is -2.14. The van der Waals surface area contributed by atoms with Crippen LogP contribution in [0.5, 0.6) is 11.8 Å². The molecule has 1 aromatic carbocycles. The highest BCUT2D eigenvalue weighted by atomic mass is 35.5. The molecule has 0 atom stereocenters. The second-order valence-corrected chi connectivity index (χ2v) is 4.19. The number of aromatic amines is 1. The average Bonchev–Trinajstić information content (AvgIpc) is 2.79. The van der Waals surface area contributed by atoms with E-state index in [2.05, 4.69) is 20.4 Å². The largest absolute Gasteiger partial charge is 0.417 e. The summed E-state index contributed by atoms with van der Waals surface area (Å²) in [4.78, 5) is 0. The van der Waals surface area contributed by atoms with Crippen molar-refractivity contribution in [2.24, 2.45) is 0 Å². The predicted molar refractivity (Wildman–Crippen MR) is 67.9 cm³/mol. The lowest BCUT2D eigenvalue weighted by Crippen LogP contribution is -1.93. The minimum Gasteiger partial charge on any atom is -0.417 e. The molecule has 2 heterocycles. The first-order chi connectivity index (χ1) is 8.74. The maximum atomic E-state index is 5.99. The molecular weight excluding hydrogens is 252 g/mol. The molecule has 90 valence electrons. The van der Waals surface area contributed by atoms with Crippen molar-refractivity contribution >= 4 is 22.4 Å². The van der Waals surface area contributed by atoms with Crippen molar-refractivity contribution < 1.29 is 4.74 Å². The highest BCUT2D eigenvalue weighted by Gasteiger charge is 2.10. The molecule has 0 amide bonds. The number of hydrogen-bond acceptors (Lipinski definition) is 4. The van der Waals surface area contributed by atoms with Gasteiger partial charge in [-0.1, -0.05) is 29.8 Å². The first-order valence-corrected chi connectivity index (χ1v) is 5.72. The third-order valence-electron chi connectivity index (χ3n) is 2.49. The standard InChI is InChI=1S/C12H9ClN4O/c1-7-6-10(15-14-7)18-12-9-5-3-2-4-8(9)11(13)16-17-12/h2-6H,1H3,(H,14,15). The number of rotatable bonds is 2. The second-order valence-electron chi connectivity index (χ2n) is 3.83. The first kappa shape index (κ1) is 11.0. The lowest BCUT2D eigenvalue weighted by atomic mass is 10.2. The number of H-pyrrole nitrogens is 1. The number of fused-ring (bicyclic) bond motifs is 1. The van der Waals surface area contributed by atoms with E-state index in [4.69, 9.17) is 16.3 Å². The van der Waals surface area contributed by atoms with E-state index in [0.29, 0.717) is 16.9 Å². The highest BCUT2D eigenvalue weighted by Crippen LogP contribution is 2.29. The summed E-state index contributed by atoms with van der Waals surface area (Å²) in [6, 6.07) is 9.31. The first-order valence-electron chi connectivity index (χ1n) is 5.35. The van der Waals surface area contributed by atoms with Crippen LogP contribution in [0, 0.1) is 6.92 Å². The van der Waals surface area contributed by atoms with E-state index in [1.807, 2.05) is 31.2 Å². The summed E-state index contributed by atoms with van der Waals surface area (Å²) < 4.78 is 5.59. The molecular formula is C12H9ClN4O. The number of nitrogens with one attached hydrogen (secondary N) is 1. The fourth-order valence-electron chi connectivity index (χ4n) is 1.67. The van der Waals surface area contributed by atoms with Gasteiger partial charge in [-0.05, 0) is 13.0 Å². The van der Waals surface area contributed by atoms with Gasteiger partial charge in [0.25, 0.3) is 0 Å². The lowest BCUT2D eigenvalue weighted by Gasteiger charge is -2.05. The molecule has 0 aliphatic carbocycles. The van der Waals surface area contributed by atoms with Crippen LogP contribution in [0.15, 0.2) is 30.3 Å². The van der Waals surface area contributed by atoms with Crippen molar-refractivity contribution in [2.45, 2.75) is 6.92 Å². The molecule has 0 aliphatic rings. The topological polar surface area (TPSA) is 63.7 Å². The Balaban J connectivity index is 2.09. The number of aryl methyl sites for hydroxylation is 1. The Morgan fingerprint density at radius 2 is 1.94 bits per heavy atom. The second kappa shape index (κ2) is 4.27. The summed E-state index contributed by atoms with van der Waals surface area (Å²) in [5.74, 6) is 0.843. The van der Waals surface area contributed by atoms with Gasteiger partial charge >= 0.3 is 0 Å². The fourth-order valence-corrected chi connectivity index (χ4v) is 1.87. The Morgan fingerprint density at radius 1 is 1.17 bits per heavy atom. The van der Waals surface area contributed by atoms with Crippen LogP contribution in [0.1, 0.15) is 5.69 Å². The quantitative estimate of drug-likeness (QED) is 0.769. The van der Waals surface area contributed by atoms with E-state index in [1.165, 1.54) is 0 Å². The zero-order chi connectivity index (χ0) is 12.5. The van der Waals surface area contributed by atoms with Crippen LogP contribution in [0.3, 0.4) is 0 Å². The van der Waals surface area contributed by atoms with Crippen LogP contribution in [-0.2, 0) is 0 Å². The van der Waals surface area contributed by atoms with Crippen molar-refractivity contribution in [1.82, 2.24) is 20.4 Å². The van der Waals surface area contributed by atoms with Crippen molar-refractivity contribution in [3.05, 3.63) is 41.2 Å². The van der Waals surface area contributed by atoms with Gasteiger partial charge in [0.05, 0.1) is 0 Å². The molecule has 0 unspecified atom stereocenters. The minimum atomic E-state index is 0.358. The van der Waals surface area contributed by atoms with Gasteiger partial charge in [0, 0.05) is 22.5 Å². The SMILES string of the molecule is Cc1cc(Oc2nnc(Cl)c3ccccc23)n[nH]1. The molecule has 3 aromatic rings. The summed E-state index contributed by atoms with van der Waals surface area (Å²) in [5.41, 5.74) is 0.913. The normalized spacial score (nSPS) is 10.8. The average molecular weight is 261 g/mol. The molecule has 0 spiro atoms. The fraction of sp³-hybridized carbons (Fsp3) is 0.0833. The number of benzene rings is 1. The maximum Gasteiger partial charge on any atom is 0.248 e. The van der Waals surface area contributed by atoms with E-state index >= 15 is 0 Å². The Kier molecular flexibility index (Phi) is 2.60. The van der Waals surface area contributed by atoms with Gasteiger partial charge in [-0.2, -0.15) is 0 Å². The van der Waals surface area contributed by atoms with E-state index in [9.17, 15) is 0 Å². The van der Waals surface area contributed by atoms with Crippen molar-refractivity contribution in [1.29, 1.82) is 0 Å². The van der Waals surface area contributed by atoms with Crippen LogP contribution in [0.25, 0.3) is 10.8 Å². The molecule has 0 fully saturated rings. The van der Waals surface area contributed by atoms with Gasteiger partial charge in [0.15, 0.2) is 5.15 Å². The third-order valence-corrected chi connectivity index (χ3v) is 2.77.